The predicted molar refractivity (Wildman–Crippen MR) is 66.3 cm³/mol. The lowest BCUT2D eigenvalue weighted by Crippen LogP contribution is -2.19. The van der Waals surface area contributed by atoms with Gasteiger partial charge in [0.15, 0.2) is 5.82 Å². The zero-order valence-electron chi connectivity index (χ0n) is 10.4. The topological polar surface area (TPSA) is 69.6 Å². The third-order valence-electron chi connectivity index (χ3n) is 2.48. The first-order valence-electron chi connectivity index (χ1n) is 5.63. The number of rotatable bonds is 3. The van der Waals surface area contributed by atoms with Crippen LogP contribution in [0, 0.1) is 6.92 Å². The third kappa shape index (κ3) is 2.68. The molecule has 0 spiro atoms. The summed E-state index contributed by atoms with van der Waals surface area (Å²) in [6, 6.07) is 2.08. The molecular weight excluding hydrogens is 214 g/mol. The van der Waals surface area contributed by atoms with E-state index in [1.165, 1.54) is 0 Å². The highest BCUT2D eigenvalue weighted by molar-refractivity contribution is 5.48. The minimum Gasteiger partial charge on any atom is -0.331 e. The molecule has 2 aromatic heterocycles. The van der Waals surface area contributed by atoms with E-state index in [4.69, 9.17) is 5.73 Å². The van der Waals surface area contributed by atoms with Gasteiger partial charge in [-0.25, -0.2) is 15.0 Å². The molecule has 2 rings (SSSR count). The van der Waals surface area contributed by atoms with Gasteiger partial charge >= 0.3 is 0 Å². The third-order valence-corrected chi connectivity index (χ3v) is 2.48. The zero-order chi connectivity index (χ0) is 12.4. The van der Waals surface area contributed by atoms with Crippen molar-refractivity contribution in [1.29, 1.82) is 0 Å². The van der Waals surface area contributed by atoms with Crippen molar-refractivity contribution in [1.82, 2.24) is 19.5 Å². The first-order valence-corrected chi connectivity index (χ1v) is 5.63. The van der Waals surface area contributed by atoms with E-state index in [2.05, 4.69) is 15.0 Å². The molecule has 0 aromatic carbocycles. The van der Waals surface area contributed by atoms with Crippen LogP contribution in [0.15, 0.2) is 18.6 Å². The average molecular weight is 231 g/mol. The second-order valence-corrected chi connectivity index (χ2v) is 4.40. The number of aryl methyl sites for hydroxylation is 2. The summed E-state index contributed by atoms with van der Waals surface area (Å²) in [7, 11) is 1.93. The van der Waals surface area contributed by atoms with Crippen molar-refractivity contribution >= 4 is 0 Å². The molecule has 0 aliphatic heterocycles. The molecule has 17 heavy (non-hydrogen) atoms. The van der Waals surface area contributed by atoms with E-state index in [9.17, 15) is 0 Å². The molecule has 0 aliphatic carbocycles. The quantitative estimate of drug-likeness (QED) is 0.858. The molecule has 0 amide bonds. The van der Waals surface area contributed by atoms with Crippen molar-refractivity contribution in [2.75, 3.05) is 0 Å². The van der Waals surface area contributed by atoms with Crippen molar-refractivity contribution in [3.05, 3.63) is 30.0 Å². The van der Waals surface area contributed by atoms with Crippen LogP contribution >= 0.6 is 0 Å². The molecule has 1 atom stereocenters. The number of aromatic nitrogens is 4. The minimum atomic E-state index is 0.101. The van der Waals surface area contributed by atoms with Gasteiger partial charge in [0.05, 0.1) is 12.5 Å². The van der Waals surface area contributed by atoms with Crippen molar-refractivity contribution < 1.29 is 0 Å². The van der Waals surface area contributed by atoms with E-state index < -0.39 is 0 Å². The van der Waals surface area contributed by atoms with Crippen LogP contribution in [0.4, 0.5) is 0 Å². The number of hydrogen-bond donors (Lipinski definition) is 1. The molecular formula is C12H17N5. The van der Waals surface area contributed by atoms with Gasteiger partial charge in [0.25, 0.3) is 0 Å². The van der Waals surface area contributed by atoms with E-state index in [-0.39, 0.29) is 6.04 Å². The van der Waals surface area contributed by atoms with Crippen LogP contribution in [0.1, 0.15) is 18.3 Å². The Kier molecular flexibility index (Phi) is 3.19. The summed E-state index contributed by atoms with van der Waals surface area (Å²) in [5, 5.41) is 0. The molecule has 2 aromatic rings. The Balaban J connectivity index is 2.42. The SMILES string of the molecule is Cc1cc(CC(C)N)nc(-c2cncn2C)n1. The summed E-state index contributed by atoms with van der Waals surface area (Å²) >= 11 is 0. The van der Waals surface area contributed by atoms with E-state index in [0.29, 0.717) is 5.82 Å². The van der Waals surface area contributed by atoms with Crippen LogP contribution in [-0.4, -0.2) is 25.6 Å². The Morgan fingerprint density at radius 3 is 2.76 bits per heavy atom. The fourth-order valence-electron chi connectivity index (χ4n) is 1.76. The van der Waals surface area contributed by atoms with Gasteiger partial charge in [-0.1, -0.05) is 0 Å². The lowest BCUT2D eigenvalue weighted by Gasteiger charge is -2.08. The number of imidazole rings is 1. The lowest BCUT2D eigenvalue weighted by molar-refractivity contribution is 0.718. The molecule has 2 N–H and O–H groups in total. The van der Waals surface area contributed by atoms with Crippen LogP contribution in [0.5, 0.6) is 0 Å². The molecule has 0 aliphatic rings. The smallest absolute Gasteiger partial charge is 0.178 e. The fourth-order valence-corrected chi connectivity index (χ4v) is 1.76. The molecule has 0 bridgehead atoms. The number of nitrogens with zero attached hydrogens (tertiary/aromatic N) is 4. The number of nitrogens with two attached hydrogens (primary N) is 1. The van der Waals surface area contributed by atoms with Gasteiger partial charge in [-0.15, -0.1) is 0 Å². The van der Waals surface area contributed by atoms with Gasteiger partial charge in [0, 0.05) is 30.9 Å². The molecule has 0 radical (unpaired) electrons. The summed E-state index contributed by atoms with van der Waals surface area (Å²) in [4.78, 5) is 13.0. The Morgan fingerprint density at radius 1 is 1.41 bits per heavy atom. The molecule has 0 saturated heterocycles. The second kappa shape index (κ2) is 4.63. The van der Waals surface area contributed by atoms with Crippen molar-refractivity contribution in [2.24, 2.45) is 12.8 Å². The summed E-state index contributed by atoms with van der Waals surface area (Å²) in [5.74, 6) is 0.709. The van der Waals surface area contributed by atoms with Crippen LogP contribution in [0.25, 0.3) is 11.5 Å². The number of hydrogen-bond acceptors (Lipinski definition) is 4. The maximum absolute atomic E-state index is 5.80. The highest BCUT2D eigenvalue weighted by Crippen LogP contribution is 2.15. The Morgan fingerprint density at radius 2 is 2.18 bits per heavy atom. The Hall–Kier alpha value is -1.75. The van der Waals surface area contributed by atoms with Gasteiger partial charge < -0.3 is 10.3 Å². The maximum atomic E-state index is 5.80. The van der Waals surface area contributed by atoms with Crippen LogP contribution < -0.4 is 5.73 Å². The van der Waals surface area contributed by atoms with Crippen LogP contribution in [0.2, 0.25) is 0 Å². The van der Waals surface area contributed by atoms with E-state index >= 15 is 0 Å². The fraction of sp³-hybridized carbons (Fsp3) is 0.417. The normalized spacial score (nSPS) is 12.7. The van der Waals surface area contributed by atoms with Gasteiger partial charge in [-0.05, 0) is 19.9 Å². The van der Waals surface area contributed by atoms with Gasteiger partial charge in [-0.3, -0.25) is 0 Å². The predicted octanol–water partition coefficient (Wildman–Crippen LogP) is 1.08. The Bertz CT molecular complexity index is 515. The molecule has 90 valence electrons. The first kappa shape index (κ1) is 11.7. The monoisotopic (exact) mass is 231 g/mol. The summed E-state index contributed by atoms with van der Waals surface area (Å²) in [5.41, 5.74) is 8.64. The van der Waals surface area contributed by atoms with E-state index in [1.807, 2.05) is 31.5 Å². The van der Waals surface area contributed by atoms with E-state index in [0.717, 1.165) is 23.5 Å². The minimum absolute atomic E-state index is 0.101. The molecule has 0 saturated carbocycles. The standard InChI is InChI=1S/C12H17N5/c1-8(13)4-10-5-9(2)15-12(16-10)11-6-14-7-17(11)3/h5-8H,4,13H2,1-3H3. The maximum Gasteiger partial charge on any atom is 0.178 e. The van der Waals surface area contributed by atoms with Crippen LogP contribution in [-0.2, 0) is 13.5 Å². The lowest BCUT2D eigenvalue weighted by atomic mass is 10.1. The van der Waals surface area contributed by atoms with Crippen LogP contribution in [0.3, 0.4) is 0 Å². The highest BCUT2D eigenvalue weighted by Gasteiger charge is 2.09. The second-order valence-electron chi connectivity index (χ2n) is 4.40. The van der Waals surface area contributed by atoms with Gasteiger partial charge in [-0.2, -0.15) is 0 Å². The van der Waals surface area contributed by atoms with Crippen molar-refractivity contribution in [2.45, 2.75) is 26.3 Å². The molecule has 5 heteroatoms. The van der Waals surface area contributed by atoms with Gasteiger partial charge in [0.1, 0.15) is 5.69 Å². The van der Waals surface area contributed by atoms with Gasteiger partial charge in [0.2, 0.25) is 0 Å². The molecule has 5 nitrogen and oxygen atoms in total. The molecule has 1 unspecified atom stereocenters. The summed E-state index contributed by atoms with van der Waals surface area (Å²) < 4.78 is 1.91. The highest BCUT2D eigenvalue weighted by atomic mass is 15.1. The van der Waals surface area contributed by atoms with Crippen molar-refractivity contribution in [3.63, 3.8) is 0 Å². The van der Waals surface area contributed by atoms with E-state index in [1.54, 1.807) is 12.5 Å². The summed E-state index contributed by atoms with van der Waals surface area (Å²) in [6.45, 7) is 3.94. The van der Waals surface area contributed by atoms with Crippen molar-refractivity contribution in [3.8, 4) is 11.5 Å². The Labute approximate surface area is 101 Å². The average Bonchev–Trinajstić information content (AvgIpc) is 2.62. The molecule has 0 fully saturated rings. The summed E-state index contributed by atoms with van der Waals surface area (Å²) in [6.07, 6.45) is 4.27. The first-order chi connectivity index (χ1) is 8.06. The zero-order valence-corrected chi connectivity index (χ0v) is 10.4. The largest absolute Gasteiger partial charge is 0.331 e. The molecule has 2 heterocycles.